The number of rotatable bonds is 3. The summed E-state index contributed by atoms with van der Waals surface area (Å²) in [6, 6.07) is 2.45. The van der Waals surface area contributed by atoms with Crippen molar-refractivity contribution in [1.29, 1.82) is 5.26 Å². The second-order valence-corrected chi connectivity index (χ2v) is 4.19. The quantitative estimate of drug-likeness (QED) is 0.717. The van der Waals surface area contributed by atoms with Gasteiger partial charge in [-0.15, -0.1) is 0 Å². The third kappa shape index (κ3) is 4.12. The van der Waals surface area contributed by atoms with Crippen LogP contribution in [0.15, 0.2) is 29.9 Å². The highest BCUT2D eigenvalue weighted by atomic mass is 15.1. The zero-order chi connectivity index (χ0) is 14.0. The summed E-state index contributed by atoms with van der Waals surface area (Å²) in [5.41, 5.74) is 0.424. The molecule has 1 heterocycles. The molecule has 0 aromatic carbocycles. The molecule has 1 rings (SSSR count). The largest absolute Gasteiger partial charge is 0.306 e. The Hall–Kier alpha value is -1.40. The van der Waals surface area contributed by atoms with Crippen LogP contribution in [-0.2, 0) is 0 Å². The number of nitrogens with zero attached hydrogens (tertiary/aromatic N) is 3. The molecule has 0 saturated carbocycles. The molecular weight excluding hydrogens is 222 g/mol. The molecule has 3 heteroatoms. The van der Waals surface area contributed by atoms with Gasteiger partial charge in [-0.2, -0.15) is 5.26 Å². The highest BCUT2D eigenvalue weighted by Gasteiger charge is 2.37. The van der Waals surface area contributed by atoms with Gasteiger partial charge in [0.2, 0.25) is 0 Å². The third-order valence-corrected chi connectivity index (χ3v) is 3.10. The average Bonchev–Trinajstić information content (AvgIpc) is 2.42. The molecule has 1 saturated heterocycles. The molecule has 0 unspecified atom stereocenters. The second-order valence-electron chi connectivity index (χ2n) is 4.19. The van der Waals surface area contributed by atoms with E-state index in [1.807, 2.05) is 32.9 Å². The van der Waals surface area contributed by atoms with Crippen LogP contribution >= 0.6 is 0 Å². The molecule has 1 fully saturated rings. The zero-order valence-corrected chi connectivity index (χ0v) is 12.1. The molecule has 0 amide bonds. The van der Waals surface area contributed by atoms with Crippen LogP contribution in [0.5, 0.6) is 0 Å². The van der Waals surface area contributed by atoms with Gasteiger partial charge in [0.1, 0.15) is 5.41 Å². The highest BCUT2D eigenvalue weighted by molar-refractivity contribution is 6.02. The number of hydrogen-bond acceptors (Lipinski definition) is 3. The van der Waals surface area contributed by atoms with Crippen LogP contribution in [0.4, 0.5) is 0 Å². The Morgan fingerprint density at radius 1 is 1.39 bits per heavy atom. The fourth-order valence-corrected chi connectivity index (χ4v) is 2.01. The van der Waals surface area contributed by atoms with E-state index in [0.717, 1.165) is 31.6 Å². The van der Waals surface area contributed by atoms with E-state index in [0.29, 0.717) is 0 Å². The van der Waals surface area contributed by atoms with E-state index >= 15 is 0 Å². The summed E-state index contributed by atoms with van der Waals surface area (Å²) < 4.78 is 0. The molecule has 100 valence electrons. The van der Waals surface area contributed by atoms with Crippen molar-refractivity contribution in [2.45, 2.75) is 33.6 Å². The Morgan fingerprint density at radius 2 is 1.94 bits per heavy atom. The lowest BCUT2D eigenvalue weighted by Gasteiger charge is -2.35. The van der Waals surface area contributed by atoms with Crippen LogP contribution in [0.1, 0.15) is 33.6 Å². The monoisotopic (exact) mass is 247 g/mol. The van der Waals surface area contributed by atoms with Gasteiger partial charge >= 0.3 is 0 Å². The van der Waals surface area contributed by atoms with Gasteiger partial charge in [0.15, 0.2) is 0 Å². The Morgan fingerprint density at radius 3 is 2.33 bits per heavy atom. The SMILES string of the molecule is C=CN=C(/C=C\C)C1(C#N)CCN(C)CC1.CC. The van der Waals surface area contributed by atoms with Gasteiger partial charge in [0.25, 0.3) is 0 Å². The predicted octanol–water partition coefficient (Wildman–Crippen LogP) is 3.41. The normalized spacial score (nSPS) is 19.8. The second kappa shape index (κ2) is 8.66. The number of allylic oxidation sites excluding steroid dienone is 2. The van der Waals surface area contributed by atoms with E-state index in [9.17, 15) is 5.26 Å². The van der Waals surface area contributed by atoms with Crippen molar-refractivity contribution in [2.24, 2.45) is 10.4 Å². The van der Waals surface area contributed by atoms with E-state index < -0.39 is 5.41 Å². The smallest absolute Gasteiger partial charge is 0.102 e. The molecule has 1 aliphatic heterocycles. The first-order valence-electron chi connectivity index (χ1n) is 6.60. The summed E-state index contributed by atoms with van der Waals surface area (Å²) in [5, 5.41) is 9.43. The molecule has 0 radical (unpaired) electrons. The van der Waals surface area contributed by atoms with Gasteiger partial charge in [-0.3, -0.25) is 4.99 Å². The zero-order valence-electron chi connectivity index (χ0n) is 12.1. The Balaban J connectivity index is 0.00000137. The maximum absolute atomic E-state index is 9.43. The van der Waals surface area contributed by atoms with Crippen molar-refractivity contribution >= 4 is 5.71 Å². The molecule has 0 N–H and O–H groups in total. The van der Waals surface area contributed by atoms with Crippen LogP contribution in [-0.4, -0.2) is 30.7 Å². The summed E-state index contributed by atoms with van der Waals surface area (Å²) in [4.78, 5) is 6.51. The Labute approximate surface area is 112 Å². The van der Waals surface area contributed by atoms with Crippen molar-refractivity contribution < 1.29 is 0 Å². The molecule has 3 nitrogen and oxygen atoms in total. The Bertz CT molecular complexity index is 339. The first-order chi connectivity index (χ1) is 8.68. The minimum Gasteiger partial charge on any atom is -0.306 e. The van der Waals surface area contributed by atoms with Gasteiger partial charge in [-0.25, -0.2) is 0 Å². The third-order valence-electron chi connectivity index (χ3n) is 3.10. The molecule has 0 bridgehead atoms. The van der Waals surface area contributed by atoms with Gasteiger partial charge in [-0.1, -0.05) is 26.5 Å². The maximum Gasteiger partial charge on any atom is 0.102 e. The van der Waals surface area contributed by atoms with Gasteiger partial charge in [0.05, 0.1) is 11.8 Å². The Kier molecular flexibility index (Phi) is 7.98. The fourth-order valence-electron chi connectivity index (χ4n) is 2.01. The first-order valence-corrected chi connectivity index (χ1v) is 6.60. The molecule has 0 aromatic heterocycles. The highest BCUT2D eigenvalue weighted by Crippen LogP contribution is 2.32. The summed E-state index contributed by atoms with van der Waals surface area (Å²) >= 11 is 0. The molecule has 0 aliphatic carbocycles. The number of nitriles is 1. The van der Waals surface area contributed by atoms with Crippen molar-refractivity contribution in [3.63, 3.8) is 0 Å². The van der Waals surface area contributed by atoms with E-state index in [4.69, 9.17) is 0 Å². The van der Waals surface area contributed by atoms with E-state index in [2.05, 4.69) is 29.6 Å². The van der Waals surface area contributed by atoms with E-state index in [-0.39, 0.29) is 0 Å². The molecule has 0 atom stereocenters. The molecule has 1 aliphatic rings. The fraction of sp³-hybridized carbons (Fsp3) is 0.600. The lowest BCUT2D eigenvalue weighted by molar-refractivity contribution is 0.218. The molecular formula is C15H25N3. The van der Waals surface area contributed by atoms with E-state index in [1.54, 1.807) is 0 Å². The molecule has 0 spiro atoms. The number of likely N-dealkylation sites (tertiary alicyclic amines) is 1. The van der Waals surface area contributed by atoms with Crippen LogP contribution in [0, 0.1) is 16.7 Å². The topological polar surface area (TPSA) is 39.4 Å². The van der Waals surface area contributed by atoms with Crippen LogP contribution in [0.25, 0.3) is 0 Å². The molecule has 18 heavy (non-hydrogen) atoms. The number of hydrogen-bond donors (Lipinski definition) is 0. The lowest BCUT2D eigenvalue weighted by atomic mass is 9.75. The summed E-state index contributed by atoms with van der Waals surface area (Å²) in [6.07, 6.45) is 7.07. The maximum atomic E-state index is 9.43. The van der Waals surface area contributed by atoms with Crippen LogP contribution in [0.2, 0.25) is 0 Å². The minimum atomic E-state index is -0.423. The van der Waals surface area contributed by atoms with Crippen LogP contribution in [0.3, 0.4) is 0 Å². The summed E-state index contributed by atoms with van der Waals surface area (Å²) in [5.74, 6) is 0. The van der Waals surface area contributed by atoms with Crippen molar-refractivity contribution in [2.75, 3.05) is 20.1 Å². The van der Waals surface area contributed by atoms with Gasteiger partial charge < -0.3 is 4.90 Å². The van der Waals surface area contributed by atoms with E-state index in [1.165, 1.54) is 6.20 Å². The minimum absolute atomic E-state index is 0.423. The summed E-state index contributed by atoms with van der Waals surface area (Å²) in [7, 11) is 2.08. The van der Waals surface area contributed by atoms with Crippen molar-refractivity contribution in [1.82, 2.24) is 4.90 Å². The van der Waals surface area contributed by atoms with Crippen molar-refractivity contribution in [3.8, 4) is 6.07 Å². The number of aliphatic imine (C=N–C) groups is 1. The lowest BCUT2D eigenvalue weighted by Crippen LogP contribution is -2.41. The number of piperidine rings is 1. The van der Waals surface area contributed by atoms with Crippen LogP contribution < -0.4 is 0 Å². The van der Waals surface area contributed by atoms with Crippen molar-refractivity contribution in [3.05, 3.63) is 24.9 Å². The first kappa shape index (κ1) is 16.6. The molecule has 0 aromatic rings. The average molecular weight is 247 g/mol. The van der Waals surface area contributed by atoms with Gasteiger partial charge in [-0.05, 0) is 46.0 Å². The predicted molar refractivity (Wildman–Crippen MR) is 78.6 cm³/mol. The summed E-state index contributed by atoms with van der Waals surface area (Å²) in [6.45, 7) is 11.5. The van der Waals surface area contributed by atoms with Gasteiger partial charge in [0, 0.05) is 6.20 Å². The standard InChI is InChI=1S/C13H19N3.C2H6/c1-4-6-12(15-5-2)13(11-14)7-9-16(3)10-8-13;1-2/h4-6H,2,7-10H2,1,3H3;1-2H3/b6-4-,15-12?;.